The van der Waals surface area contributed by atoms with Crippen molar-refractivity contribution < 1.29 is 4.42 Å². The van der Waals surface area contributed by atoms with E-state index in [1.165, 1.54) is 6.21 Å². The first-order valence-electron chi connectivity index (χ1n) is 5.58. The first-order chi connectivity index (χ1) is 9.33. The molecule has 0 unspecified atom stereocenters. The molecule has 0 bridgehead atoms. The number of anilines is 1. The van der Waals surface area contributed by atoms with Crippen LogP contribution in [0.1, 0.15) is 5.76 Å². The Morgan fingerprint density at radius 3 is 2.63 bits per heavy atom. The summed E-state index contributed by atoms with van der Waals surface area (Å²) in [4.78, 5) is 8.58. The molecular weight excluding hydrogens is 264 g/mol. The van der Waals surface area contributed by atoms with Gasteiger partial charge in [0.15, 0.2) is 11.0 Å². The van der Waals surface area contributed by atoms with Crippen LogP contribution in [0.5, 0.6) is 0 Å². The second-order valence-electron chi connectivity index (χ2n) is 3.74. The number of rotatable bonds is 3. The van der Waals surface area contributed by atoms with Gasteiger partial charge in [0.05, 0.1) is 23.5 Å². The number of nitrogens with one attached hydrogen (secondary N) is 1. The number of hydrogen-bond acceptors (Lipinski definition) is 5. The van der Waals surface area contributed by atoms with Crippen LogP contribution in [0.2, 0.25) is 5.15 Å². The maximum atomic E-state index is 6.03. The first kappa shape index (κ1) is 11.7. The van der Waals surface area contributed by atoms with Gasteiger partial charge in [-0.25, -0.2) is 9.97 Å². The number of furan rings is 1. The lowest BCUT2D eigenvalue weighted by molar-refractivity contribution is 0.560. The molecule has 0 saturated carbocycles. The van der Waals surface area contributed by atoms with E-state index < -0.39 is 0 Å². The van der Waals surface area contributed by atoms with Gasteiger partial charge in [-0.05, 0) is 24.3 Å². The molecule has 3 aromatic rings. The molecule has 0 spiro atoms. The topological polar surface area (TPSA) is 63.3 Å². The van der Waals surface area contributed by atoms with E-state index >= 15 is 0 Å². The predicted molar refractivity (Wildman–Crippen MR) is 74.5 cm³/mol. The van der Waals surface area contributed by atoms with Crippen molar-refractivity contribution in [2.75, 3.05) is 5.43 Å². The number of nitrogens with zero attached hydrogens (tertiary/aromatic N) is 3. The molecule has 0 aliphatic carbocycles. The molecule has 3 rings (SSSR count). The van der Waals surface area contributed by atoms with Crippen molar-refractivity contribution in [3.63, 3.8) is 0 Å². The number of aromatic nitrogens is 2. The highest BCUT2D eigenvalue weighted by molar-refractivity contribution is 6.32. The van der Waals surface area contributed by atoms with Crippen LogP contribution in [-0.4, -0.2) is 16.2 Å². The highest BCUT2D eigenvalue weighted by atomic mass is 35.5. The second-order valence-corrected chi connectivity index (χ2v) is 4.10. The fraction of sp³-hybridized carbons (Fsp3) is 0. The Balaban J connectivity index is 1.86. The molecule has 19 heavy (non-hydrogen) atoms. The minimum atomic E-state index is 0.273. The van der Waals surface area contributed by atoms with E-state index in [4.69, 9.17) is 16.0 Å². The second kappa shape index (κ2) is 5.07. The normalized spacial score (nSPS) is 11.2. The van der Waals surface area contributed by atoms with Gasteiger partial charge in [0.1, 0.15) is 5.76 Å². The van der Waals surface area contributed by atoms with Gasteiger partial charge in [-0.3, -0.25) is 5.43 Å². The largest absolute Gasteiger partial charge is 0.463 e. The average Bonchev–Trinajstić information content (AvgIpc) is 2.92. The molecule has 5 nitrogen and oxygen atoms in total. The molecule has 0 saturated heterocycles. The van der Waals surface area contributed by atoms with E-state index in [2.05, 4.69) is 20.5 Å². The molecular formula is C13H9ClN4O. The molecule has 0 atom stereocenters. The number of benzene rings is 1. The van der Waals surface area contributed by atoms with Gasteiger partial charge in [-0.15, -0.1) is 0 Å². The number of hydrogen-bond donors (Lipinski definition) is 1. The summed E-state index contributed by atoms with van der Waals surface area (Å²) < 4.78 is 5.11. The Morgan fingerprint density at radius 1 is 1.11 bits per heavy atom. The van der Waals surface area contributed by atoms with Gasteiger partial charge < -0.3 is 4.42 Å². The lowest BCUT2D eigenvalue weighted by atomic mass is 10.3. The molecule has 0 fully saturated rings. The van der Waals surface area contributed by atoms with Crippen LogP contribution in [0.3, 0.4) is 0 Å². The summed E-state index contributed by atoms with van der Waals surface area (Å²) in [6, 6.07) is 11.1. The minimum Gasteiger partial charge on any atom is -0.463 e. The molecule has 0 radical (unpaired) electrons. The van der Waals surface area contributed by atoms with Gasteiger partial charge in [0.2, 0.25) is 0 Å². The first-order valence-corrected chi connectivity index (χ1v) is 5.95. The molecule has 6 heteroatoms. The van der Waals surface area contributed by atoms with E-state index in [9.17, 15) is 0 Å². The van der Waals surface area contributed by atoms with E-state index in [0.717, 1.165) is 11.0 Å². The number of hydrazone groups is 1. The van der Waals surface area contributed by atoms with Crippen LogP contribution < -0.4 is 5.43 Å². The quantitative estimate of drug-likeness (QED) is 0.587. The Labute approximate surface area is 113 Å². The number of halogens is 1. The molecule has 2 aromatic heterocycles. The Kier molecular flexibility index (Phi) is 3.12. The van der Waals surface area contributed by atoms with Gasteiger partial charge in [-0.2, -0.15) is 5.10 Å². The van der Waals surface area contributed by atoms with Crippen molar-refractivity contribution in [1.82, 2.24) is 9.97 Å². The highest BCUT2D eigenvalue weighted by Crippen LogP contribution is 2.20. The lowest BCUT2D eigenvalue weighted by Crippen LogP contribution is -1.97. The third kappa shape index (κ3) is 2.56. The molecule has 94 valence electrons. The number of para-hydroxylation sites is 2. The Morgan fingerprint density at radius 2 is 1.89 bits per heavy atom. The highest BCUT2D eigenvalue weighted by Gasteiger charge is 2.05. The third-order valence-corrected chi connectivity index (χ3v) is 2.70. The maximum Gasteiger partial charge on any atom is 0.185 e. The molecule has 0 amide bonds. The van der Waals surface area contributed by atoms with Crippen molar-refractivity contribution in [3.8, 4) is 0 Å². The monoisotopic (exact) mass is 272 g/mol. The molecule has 1 aromatic carbocycles. The van der Waals surface area contributed by atoms with E-state index in [0.29, 0.717) is 11.6 Å². The van der Waals surface area contributed by atoms with Crippen molar-refractivity contribution in [2.24, 2.45) is 5.10 Å². The van der Waals surface area contributed by atoms with Crippen LogP contribution >= 0.6 is 11.6 Å². The lowest BCUT2D eigenvalue weighted by Gasteiger charge is -2.03. The fourth-order valence-electron chi connectivity index (χ4n) is 1.57. The summed E-state index contributed by atoms with van der Waals surface area (Å²) in [5.74, 6) is 1.04. The molecule has 2 heterocycles. The SMILES string of the molecule is Clc1nc2ccccc2nc1N/N=C/c1ccco1. The molecule has 0 aliphatic rings. The standard InChI is InChI=1S/C13H9ClN4O/c14-12-13(18-15-8-9-4-3-7-19-9)17-11-6-2-1-5-10(11)16-12/h1-8H,(H,17,18)/b15-8+. The van der Waals surface area contributed by atoms with Crippen LogP contribution in [0.25, 0.3) is 11.0 Å². The zero-order valence-electron chi connectivity index (χ0n) is 9.75. The third-order valence-electron chi connectivity index (χ3n) is 2.43. The average molecular weight is 273 g/mol. The maximum absolute atomic E-state index is 6.03. The summed E-state index contributed by atoms with van der Waals surface area (Å²) in [5.41, 5.74) is 4.24. The van der Waals surface area contributed by atoms with Gasteiger partial charge in [-0.1, -0.05) is 23.7 Å². The zero-order valence-corrected chi connectivity index (χ0v) is 10.5. The fourth-order valence-corrected chi connectivity index (χ4v) is 1.75. The molecule has 0 aliphatic heterocycles. The smallest absolute Gasteiger partial charge is 0.185 e. The summed E-state index contributed by atoms with van der Waals surface area (Å²) in [5, 5.41) is 4.27. The van der Waals surface area contributed by atoms with Gasteiger partial charge >= 0.3 is 0 Å². The minimum absolute atomic E-state index is 0.273. The summed E-state index contributed by atoms with van der Waals surface area (Å²) in [6.07, 6.45) is 3.11. The van der Waals surface area contributed by atoms with Gasteiger partial charge in [0, 0.05) is 0 Å². The van der Waals surface area contributed by atoms with Crippen molar-refractivity contribution in [2.45, 2.75) is 0 Å². The predicted octanol–water partition coefficient (Wildman–Crippen LogP) is 3.32. The summed E-state index contributed by atoms with van der Waals surface area (Å²) in [6.45, 7) is 0. The van der Waals surface area contributed by atoms with Crippen LogP contribution in [0, 0.1) is 0 Å². The van der Waals surface area contributed by atoms with E-state index in [1.54, 1.807) is 18.4 Å². The van der Waals surface area contributed by atoms with Crippen LogP contribution in [0.15, 0.2) is 52.2 Å². The van der Waals surface area contributed by atoms with Gasteiger partial charge in [0.25, 0.3) is 0 Å². The zero-order chi connectivity index (χ0) is 13.1. The van der Waals surface area contributed by atoms with E-state index in [-0.39, 0.29) is 5.15 Å². The van der Waals surface area contributed by atoms with Crippen molar-refractivity contribution >= 4 is 34.7 Å². The van der Waals surface area contributed by atoms with E-state index in [1.807, 2.05) is 24.3 Å². The number of fused-ring (bicyclic) bond motifs is 1. The Hall–Kier alpha value is -2.40. The van der Waals surface area contributed by atoms with Crippen LogP contribution in [-0.2, 0) is 0 Å². The summed E-state index contributed by atoms with van der Waals surface area (Å²) in [7, 11) is 0. The van der Waals surface area contributed by atoms with Crippen molar-refractivity contribution in [3.05, 3.63) is 53.6 Å². The molecule has 1 N–H and O–H groups in total. The Bertz CT molecular complexity index is 725. The summed E-state index contributed by atoms with van der Waals surface area (Å²) >= 11 is 6.03. The van der Waals surface area contributed by atoms with Crippen molar-refractivity contribution in [1.29, 1.82) is 0 Å². The van der Waals surface area contributed by atoms with Crippen LogP contribution in [0.4, 0.5) is 5.82 Å².